The van der Waals surface area contributed by atoms with E-state index in [1.165, 1.54) is 49.4 Å². The fourth-order valence-electron chi connectivity index (χ4n) is 1.83. The normalized spacial score (nSPS) is 11.2. The number of carbonyl (C=O) groups is 2. The molecular formula is C17H12Cl2N2O3. The van der Waals surface area contributed by atoms with E-state index in [1.54, 1.807) is 0 Å². The van der Waals surface area contributed by atoms with Gasteiger partial charge < -0.3 is 10.1 Å². The van der Waals surface area contributed by atoms with E-state index >= 15 is 0 Å². The predicted octanol–water partition coefficient (Wildman–Crippen LogP) is 4.05. The number of nitrogens with one attached hydrogen (secondary N) is 1. The molecule has 0 saturated carbocycles. The summed E-state index contributed by atoms with van der Waals surface area (Å²) in [6, 6.07) is 12.5. The van der Waals surface area contributed by atoms with Gasteiger partial charge in [0.1, 0.15) is 0 Å². The van der Waals surface area contributed by atoms with Crippen LogP contribution in [0.3, 0.4) is 0 Å². The lowest BCUT2D eigenvalue weighted by molar-refractivity contribution is -0.123. The van der Waals surface area contributed by atoms with Gasteiger partial charge in [0.05, 0.1) is 17.2 Å². The van der Waals surface area contributed by atoms with Crippen LogP contribution in [0.25, 0.3) is 0 Å². The van der Waals surface area contributed by atoms with Crippen LogP contribution in [0.15, 0.2) is 42.5 Å². The number of hydrogen-bond acceptors (Lipinski definition) is 4. The fourth-order valence-corrected chi connectivity index (χ4v) is 2.36. The zero-order valence-corrected chi connectivity index (χ0v) is 14.1. The van der Waals surface area contributed by atoms with Crippen molar-refractivity contribution < 1.29 is 14.3 Å². The molecule has 0 unspecified atom stereocenters. The average molecular weight is 363 g/mol. The van der Waals surface area contributed by atoms with Crippen molar-refractivity contribution in [2.45, 2.75) is 13.0 Å². The van der Waals surface area contributed by atoms with Crippen LogP contribution in [0, 0.1) is 11.3 Å². The Morgan fingerprint density at radius 1 is 1.12 bits per heavy atom. The summed E-state index contributed by atoms with van der Waals surface area (Å²) in [6.45, 7) is 1.45. The van der Waals surface area contributed by atoms with Gasteiger partial charge in [-0.1, -0.05) is 23.2 Å². The minimum Gasteiger partial charge on any atom is -0.449 e. The fraction of sp³-hybridized carbons (Fsp3) is 0.118. The van der Waals surface area contributed by atoms with Crippen molar-refractivity contribution in [1.82, 2.24) is 0 Å². The number of esters is 1. The molecule has 0 aliphatic carbocycles. The van der Waals surface area contributed by atoms with Crippen LogP contribution in [0.4, 0.5) is 5.69 Å². The number of anilines is 1. The molecule has 1 N–H and O–H groups in total. The first-order valence-electron chi connectivity index (χ1n) is 6.87. The summed E-state index contributed by atoms with van der Waals surface area (Å²) >= 11 is 11.7. The van der Waals surface area contributed by atoms with Crippen LogP contribution >= 0.6 is 23.2 Å². The Morgan fingerprint density at radius 3 is 2.25 bits per heavy atom. The first-order valence-corrected chi connectivity index (χ1v) is 7.63. The Morgan fingerprint density at radius 2 is 1.71 bits per heavy atom. The van der Waals surface area contributed by atoms with Gasteiger partial charge in [0.25, 0.3) is 5.91 Å². The second-order valence-electron chi connectivity index (χ2n) is 4.88. The molecule has 1 amide bonds. The maximum Gasteiger partial charge on any atom is 0.338 e. The maximum atomic E-state index is 12.1. The third-order valence-electron chi connectivity index (χ3n) is 3.03. The summed E-state index contributed by atoms with van der Waals surface area (Å²) in [5, 5.41) is 12.0. The standard InChI is InChI=1S/C17H12Cl2N2O3/c1-10(16(22)21-15-7-13(18)6-14(19)8-15)24-17(23)12-4-2-11(9-20)3-5-12/h2-8,10H,1H3,(H,21,22)/t10-/m1/s1. The second-order valence-corrected chi connectivity index (χ2v) is 5.76. The number of nitriles is 1. The van der Waals surface area contributed by atoms with Crippen LogP contribution in [-0.2, 0) is 9.53 Å². The van der Waals surface area contributed by atoms with Crippen molar-refractivity contribution in [2.24, 2.45) is 0 Å². The van der Waals surface area contributed by atoms with Crippen LogP contribution in [0.5, 0.6) is 0 Å². The quantitative estimate of drug-likeness (QED) is 0.832. The van der Waals surface area contributed by atoms with Gasteiger partial charge in [-0.3, -0.25) is 4.79 Å². The van der Waals surface area contributed by atoms with E-state index in [0.29, 0.717) is 21.3 Å². The first-order chi connectivity index (χ1) is 11.4. The number of halogens is 2. The van der Waals surface area contributed by atoms with E-state index < -0.39 is 18.0 Å². The summed E-state index contributed by atoms with van der Waals surface area (Å²) in [6.07, 6.45) is -1.02. The number of benzene rings is 2. The third kappa shape index (κ3) is 4.72. The molecule has 0 fully saturated rings. The van der Waals surface area contributed by atoms with Crippen molar-refractivity contribution in [2.75, 3.05) is 5.32 Å². The molecule has 0 aromatic heterocycles. The predicted molar refractivity (Wildman–Crippen MR) is 91.1 cm³/mol. The van der Waals surface area contributed by atoms with E-state index in [2.05, 4.69) is 5.32 Å². The summed E-state index contributed by atoms with van der Waals surface area (Å²) in [7, 11) is 0. The summed E-state index contributed by atoms with van der Waals surface area (Å²) < 4.78 is 5.10. The SMILES string of the molecule is C[C@@H](OC(=O)c1ccc(C#N)cc1)C(=O)Nc1cc(Cl)cc(Cl)c1. The van der Waals surface area contributed by atoms with Crippen molar-refractivity contribution >= 4 is 40.8 Å². The van der Waals surface area contributed by atoms with Gasteiger partial charge in [0.2, 0.25) is 0 Å². The van der Waals surface area contributed by atoms with E-state index in [9.17, 15) is 9.59 Å². The molecule has 0 aliphatic heterocycles. The summed E-state index contributed by atoms with van der Waals surface area (Å²) in [5.74, 6) is -1.18. The molecule has 24 heavy (non-hydrogen) atoms. The van der Waals surface area contributed by atoms with Gasteiger partial charge in [0, 0.05) is 15.7 Å². The van der Waals surface area contributed by atoms with E-state index in [0.717, 1.165) is 0 Å². The Kier molecular flexibility index (Phi) is 5.80. The van der Waals surface area contributed by atoms with Gasteiger partial charge in [-0.2, -0.15) is 5.26 Å². The van der Waals surface area contributed by atoms with Gasteiger partial charge in [-0.05, 0) is 49.4 Å². The lowest BCUT2D eigenvalue weighted by Crippen LogP contribution is -2.30. The highest BCUT2D eigenvalue weighted by Gasteiger charge is 2.19. The molecule has 2 rings (SSSR count). The van der Waals surface area contributed by atoms with Crippen molar-refractivity contribution in [3.05, 3.63) is 63.6 Å². The van der Waals surface area contributed by atoms with E-state index in [-0.39, 0.29) is 5.56 Å². The number of amides is 1. The molecule has 2 aromatic rings. The van der Waals surface area contributed by atoms with Crippen LogP contribution in [0.1, 0.15) is 22.8 Å². The highest BCUT2D eigenvalue weighted by molar-refractivity contribution is 6.35. The topological polar surface area (TPSA) is 79.2 Å². The molecule has 5 nitrogen and oxygen atoms in total. The maximum absolute atomic E-state index is 12.1. The Labute approximate surface area is 148 Å². The largest absolute Gasteiger partial charge is 0.449 e. The lowest BCUT2D eigenvalue weighted by Gasteiger charge is -2.14. The Balaban J connectivity index is 2.00. The number of rotatable bonds is 4. The van der Waals surface area contributed by atoms with Crippen LogP contribution < -0.4 is 5.32 Å². The number of carbonyl (C=O) groups excluding carboxylic acids is 2. The molecule has 0 spiro atoms. The number of hydrogen-bond donors (Lipinski definition) is 1. The van der Waals surface area contributed by atoms with Crippen molar-refractivity contribution in [3.8, 4) is 6.07 Å². The van der Waals surface area contributed by atoms with Crippen molar-refractivity contribution in [1.29, 1.82) is 5.26 Å². The Hall–Kier alpha value is -2.55. The molecule has 0 bridgehead atoms. The molecule has 0 radical (unpaired) electrons. The highest BCUT2D eigenvalue weighted by Crippen LogP contribution is 2.22. The van der Waals surface area contributed by atoms with Crippen molar-refractivity contribution in [3.63, 3.8) is 0 Å². The lowest BCUT2D eigenvalue weighted by atomic mass is 10.1. The third-order valence-corrected chi connectivity index (χ3v) is 3.47. The zero-order valence-electron chi connectivity index (χ0n) is 12.5. The molecule has 0 aliphatic rings. The van der Waals surface area contributed by atoms with Crippen LogP contribution in [-0.4, -0.2) is 18.0 Å². The average Bonchev–Trinajstić information content (AvgIpc) is 2.53. The van der Waals surface area contributed by atoms with Gasteiger partial charge in [-0.15, -0.1) is 0 Å². The number of nitrogens with zero attached hydrogens (tertiary/aromatic N) is 1. The molecule has 122 valence electrons. The zero-order chi connectivity index (χ0) is 17.7. The minimum atomic E-state index is -1.02. The molecular weight excluding hydrogens is 351 g/mol. The second kappa shape index (κ2) is 7.82. The van der Waals surface area contributed by atoms with E-state index in [1.807, 2.05) is 6.07 Å². The Bertz CT molecular complexity index is 793. The monoisotopic (exact) mass is 362 g/mol. The number of ether oxygens (including phenoxy) is 1. The van der Waals surface area contributed by atoms with Gasteiger partial charge in [0.15, 0.2) is 6.10 Å². The summed E-state index contributed by atoms with van der Waals surface area (Å²) in [5.41, 5.74) is 1.08. The highest BCUT2D eigenvalue weighted by atomic mass is 35.5. The smallest absolute Gasteiger partial charge is 0.338 e. The van der Waals surface area contributed by atoms with Gasteiger partial charge in [-0.25, -0.2) is 4.79 Å². The van der Waals surface area contributed by atoms with Gasteiger partial charge >= 0.3 is 5.97 Å². The molecule has 0 saturated heterocycles. The molecule has 1 atom stereocenters. The van der Waals surface area contributed by atoms with E-state index in [4.69, 9.17) is 33.2 Å². The van der Waals surface area contributed by atoms with Crippen LogP contribution in [0.2, 0.25) is 10.0 Å². The molecule has 7 heteroatoms. The minimum absolute atomic E-state index is 0.249. The molecule has 2 aromatic carbocycles. The molecule has 0 heterocycles. The first kappa shape index (κ1) is 17.8. The summed E-state index contributed by atoms with van der Waals surface area (Å²) in [4.78, 5) is 24.1.